The zero-order chi connectivity index (χ0) is 26.0. The number of carboxylic acid groups (broad SMARTS) is 1. The van der Waals surface area contributed by atoms with Crippen molar-refractivity contribution in [3.8, 4) is 0 Å². The Balaban J connectivity index is 1.28. The van der Waals surface area contributed by atoms with E-state index in [2.05, 4.69) is 52.4 Å². The summed E-state index contributed by atoms with van der Waals surface area (Å²) in [4.78, 5) is 31.6. The second-order valence-electron chi connectivity index (χ2n) is 9.99. The van der Waals surface area contributed by atoms with E-state index >= 15 is 0 Å². The number of sulfone groups is 1. The molecular formula is C27H31N3O5S2. The van der Waals surface area contributed by atoms with E-state index in [0.29, 0.717) is 11.1 Å². The smallest absolute Gasteiger partial charge is 0.303 e. The van der Waals surface area contributed by atoms with Crippen molar-refractivity contribution in [2.45, 2.75) is 43.4 Å². The van der Waals surface area contributed by atoms with E-state index in [1.807, 2.05) is 17.0 Å². The molecule has 196 valence electrons. The highest BCUT2D eigenvalue weighted by molar-refractivity contribution is 8.16. The number of thioether (sulfide) groups is 1. The number of aliphatic carboxylic acids is 1. The minimum absolute atomic E-state index is 0.0175. The third kappa shape index (κ3) is 6.18. The van der Waals surface area contributed by atoms with E-state index in [9.17, 15) is 18.0 Å². The number of aliphatic imine (C=N–C) groups is 1. The molecule has 0 spiro atoms. The van der Waals surface area contributed by atoms with Crippen LogP contribution in [0.3, 0.4) is 0 Å². The molecule has 3 fully saturated rings. The van der Waals surface area contributed by atoms with Crippen molar-refractivity contribution >= 4 is 50.0 Å². The molecule has 8 nitrogen and oxygen atoms in total. The number of piperidine rings is 1. The average molecular weight is 542 g/mol. The highest BCUT2D eigenvalue weighted by Gasteiger charge is 2.49. The molecule has 0 aromatic heterocycles. The van der Waals surface area contributed by atoms with E-state index in [-0.39, 0.29) is 35.6 Å². The van der Waals surface area contributed by atoms with Gasteiger partial charge in [-0.05, 0) is 55.0 Å². The predicted octanol–water partition coefficient (Wildman–Crippen LogP) is 3.61. The number of nitrogens with zero attached hydrogens (tertiary/aromatic N) is 3. The minimum Gasteiger partial charge on any atom is -0.481 e. The van der Waals surface area contributed by atoms with E-state index in [4.69, 9.17) is 5.11 Å². The molecule has 0 aliphatic carbocycles. The van der Waals surface area contributed by atoms with E-state index in [0.717, 1.165) is 43.7 Å². The summed E-state index contributed by atoms with van der Waals surface area (Å²) in [5, 5.41) is 9.13. The van der Waals surface area contributed by atoms with Gasteiger partial charge >= 0.3 is 5.97 Å². The fourth-order valence-electron chi connectivity index (χ4n) is 5.41. The summed E-state index contributed by atoms with van der Waals surface area (Å²) in [7, 11) is -3.16. The van der Waals surface area contributed by atoms with Crippen LogP contribution in [-0.2, 0) is 25.8 Å². The SMILES string of the molecule is O=C(O)CCC(=O)N=C1S[C@H]2CS(=O)(=O)C[C@H]2N1c1ccc(N2CCC(Cc3ccccc3)CC2)cc1. The Bertz CT molecular complexity index is 1270. The fourth-order valence-corrected chi connectivity index (χ4v) is 9.34. The van der Waals surface area contributed by atoms with E-state index in [1.54, 1.807) is 0 Å². The van der Waals surface area contributed by atoms with E-state index < -0.39 is 21.7 Å². The largest absolute Gasteiger partial charge is 0.481 e. The van der Waals surface area contributed by atoms with Crippen molar-refractivity contribution in [2.75, 3.05) is 34.4 Å². The number of carbonyl (C=O) groups is 2. The molecule has 3 aliphatic heterocycles. The number of hydrogen-bond acceptors (Lipinski definition) is 6. The van der Waals surface area contributed by atoms with Gasteiger partial charge in [0.2, 0.25) is 5.91 Å². The third-order valence-electron chi connectivity index (χ3n) is 7.31. The first-order valence-corrected chi connectivity index (χ1v) is 15.4. The molecular weight excluding hydrogens is 510 g/mol. The molecule has 3 saturated heterocycles. The Hall–Kier alpha value is -2.85. The summed E-state index contributed by atoms with van der Waals surface area (Å²) in [6, 6.07) is 18.4. The van der Waals surface area contributed by atoms with Gasteiger partial charge in [-0.25, -0.2) is 8.42 Å². The molecule has 1 amide bonds. The van der Waals surface area contributed by atoms with Crippen LogP contribution in [0.15, 0.2) is 59.6 Å². The van der Waals surface area contributed by atoms with Gasteiger partial charge < -0.3 is 14.9 Å². The number of carboxylic acids is 1. The Morgan fingerprint density at radius 3 is 2.30 bits per heavy atom. The lowest BCUT2D eigenvalue weighted by atomic mass is 9.90. The molecule has 0 radical (unpaired) electrons. The Labute approximate surface area is 221 Å². The zero-order valence-electron chi connectivity index (χ0n) is 20.5. The van der Waals surface area contributed by atoms with Gasteiger partial charge in [-0.2, -0.15) is 4.99 Å². The highest BCUT2D eigenvalue weighted by atomic mass is 32.2. The predicted molar refractivity (Wildman–Crippen MR) is 147 cm³/mol. The molecule has 37 heavy (non-hydrogen) atoms. The summed E-state index contributed by atoms with van der Waals surface area (Å²) in [6.07, 6.45) is 2.92. The molecule has 1 N–H and O–H groups in total. The van der Waals surface area contributed by atoms with Crippen LogP contribution in [0.25, 0.3) is 0 Å². The molecule has 2 aromatic rings. The van der Waals surface area contributed by atoms with Crippen molar-refractivity contribution in [1.82, 2.24) is 0 Å². The minimum atomic E-state index is -3.16. The second kappa shape index (κ2) is 10.9. The molecule has 0 bridgehead atoms. The molecule has 3 aliphatic rings. The van der Waals surface area contributed by atoms with Crippen LogP contribution in [-0.4, -0.2) is 66.5 Å². The van der Waals surface area contributed by atoms with E-state index in [1.165, 1.54) is 17.3 Å². The number of amides is 1. The maximum Gasteiger partial charge on any atom is 0.303 e. The van der Waals surface area contributed by atoms with Gasteiger partial charge in [-0.1, -0.05) is 42.1 Å². The van der Waals surface area contributed by atoms with Crippen molar-refractivity contribution < 1.29 is 23.1 Å². The van der Waals surface area contributed by atoms with Crippen LogP contribution in [0.1, 0.15) is 31.2 Å². The third-order valence-corrected chi connectivity index (χ3v) is 10.5. The number of anilines is 2. The molecule has 2 aromatic carbocycles. The van der Waals surface area contributed by atoms with Crippen molar-refractivity contribution in [1.29, 1.82) is 0 Å². The summed E-state index contributed by atoms with van der Waals surface area (Å²) in [5.74, 6) is -0.806. The van der Waals surface area contributed by atoms with Gasteiger partial charge in [0.25, 0.3) is 0 Å². The number of fused-ring (bicyclic) bond motifs is 1. The van der Waals surface area contributed by atoms with Gasteiger partial charge in [0.1, 0.15) is 0 Å². The lowest BCUT2D eigenvalue weighted by Gasteiger charge is -2.34. The first-order chi connectivity index (χ1) is 17.8. The Morgan fingerprint density at radius 2 is 1.62 bits per heavy atom. The summed E-state index contributed by atoms with van der Waals surface area (Å²) in [6.45, 7) is 1.98. The van der Waals surface area contributed by atoms with Crippen LogP contribution in [0, 0.1) is 5.92 Å². The molecule has 5 rings (SSSR count). The van der Waals surface area contributed by atoms with Crippen LogP contribution in [0.5, 0.6) is 0 Å². The molecule has 3 heterocycles. The van der Waals surface area contributed by atoms with Crippen molar-refractivity contribution in [3.05, 3.63) is 60.2 Å². The lowest BCUT2D eigenvalue weighted by molar-refractivity contribution is -0.138. The first kappa shape index (κ1) is 25.8. The van der Waals surface area contributed by atoms with Gasteiger partial charge in [0, 0.05) is 36.1 Å². The fraction of sp³-hybridized carbons (Fsp3) is 0.444. The highest BCUT2D eigenvalue weighted by Crippen LogP contribution is 2.41. The zero-order valence-corrected chi connectivity index (χ0v) is 22.2. The Morgan fingerprint density at radius 1 is 0.946 bits per heavy atom. The van der Waals surface area contributed by atoms with Gasteiger partial charge in [0.05, 0.1) is 24.0 Å². The van der Waals surface area contributed by atoms with Crippen LogP contribution in [0.2, 0.25) is 0 Å². The lowest BCUT2D eigenvalue weighted by Crippen LogP contribution is -2.38. The number of amidine groups is 1. The quantitative estimate of drug-likeness (QED) is 0.567. The Kier molecular flexibility index (Phi) is 7.57. The maximum atomic E-state index is 12.3. The molecule has 0 saturated carbocycles. The maximum absolute atomic E-state index is 12.3. The topological polar surface area (TPSA) is 107 Å². The number of benzene rings is 2. The molecule has 10 heteroatoms. The second-order valence-corrected chi connectivity index (χ2v) is 13.3. The summed E-state index contributed by atoms with van der Waals surface area (Å²) < 4.78 is 24.6. The summed E-state index contributed by atoms with van der Waals surface area (Å²) in [5.41, 5.74) is 3.31. The van der Waals surface area contributed by atoms with Gasteiger partial charge in [0.15, 0.2) is 15.0 Å². The standard InChI is InChI=1S/C27H31N3O5S2/c31-25(10-11-26(32)33)28-27-30(23-17-37(34,35)18-24(23)36-27)22-8-6-21(7-9-22)29-14-12-20(13-15-29)16-19-4-2-1-3-5-19/h1-9,20,23-24H,10-18H2,(H,32,33)/t23-,24+/m1/s1. The number of carbonyl (C=O) groups excluding carboxylic acids is 1. The van der Waals surface area contributed by atoms with Gasteiger partial charge in [-0.3, -0.25) is 9.59 Å². The monoisotopic (exact) mass is 541 g/mol. The average Bonchev–Trinajstić information content (AvgIpc) is 3.34. The van der Waals surface area contributed by atoms with Crippen LogP contribution in [0.4, 0.5) is 11.4 Å². The molecule has 2 atom stereocenters. The number of rotatable bonds is 7. The van der Waals surface area contributed by atoms with Crippen molar-refractivity contribution in [2.24, 2.45) is 10.9 Å². The first-order valence-electron chi connectivity index (χ1n) is 12.7. The van der Waals surface area contributed by atoms with Crippen LogP contribution < -0.4 is 9.80 Å². The number of hydrogen-bond donors (Lipinski definition) is 1. The van der Waals surface area contributed by atoms with Crippen molar-refractivity contribution in [3.63, 3.8) is 0 Å². The normalized spacial score (nSPS) is 24.4. The molecule has 0 unspecified atom stereocenters. The van der Waals surface area contributed by atoms with Crippen LogP contribution >= 0.6 is 11.8 Å². The summed E-state index contributed by atoms with van der Waals surface area (Å²) >= 11 is 1.30. The van der Waals surface area contributed by atoms with Gasteiger partial charge in [-0.15, -0.1) is 0 Å².